The highest BCUT2D eigenvalue weighted by Gasteiger charge is 2.15. The van der Waals surface area contributed by atoms with Crippen LogP contribution in [0.5, 0.6) is 0 Å². The summed E-state index contributed by atoms with van der Waals surface area (Å²) in [6.45, 7) is 1.94. The Morgan fingerprint density at radius 1 is 1.53 bits per heavy atom. The molecule has 0 radical (unpaired) electrons. The van der Waals surface area contributed by atoms with Gasteiger partial charge in [-0.25, -0.2) is 0 Å². The lowest BCUT2D eigenvalue weighted by Crippen LogP contribution is -2.37. The Bertz CT molecular complexity index is 463. The van der Waals surface area contributed by atoms with Gasteiger partial charge in [0.1, 0.15) is 5.84 Å². The molecule has 0 aliphatic carbocycles. The average Bonchev–Trinajstić information content (AvgIpc) is 2.45. The summed E-state index contributed by atoms with van der Waals surface area (Å²) in [7, 11) is 0. The zero-order valence-electron chi connectivity index (χ0n) is 11.1. The van der Waals surface area contributed by atoms with Gasteiger partial charge in [0.05, 0.1) is 5.56 Å². The molecule has 0 fully saturated rings. The SMILES string of the molecule is CCC(CC(N)=NO)NC(=O)c1ccccc1SC. The van der Waals surface area contributed by atoms with E-state index in [9.17, 15) is 4.79 Å². The summed E-state index contributed by atoms with van der Waals surface area (Å²) in [5.41, 5.74) is 6.11. The smallest absolute Gasteiger partial charge is 0.252 e. The molecule has 19 heavy (non-hydrogen) atoms. The van der Waals surface area contributed by atoms with Gasteiger partial charge in [0.25, 0.3) is 5.91 Å². The first-order valence-electron chi connectivity index (χ1n) is 6.02. The summed E-state index contributed by atoms with van der Waals surface area (Å²) in [5.74, 6) is -0.0205. The van der Waals surface area contributed by atoms with Crippen molar-refractivity contribution in [2.75, 3.05) is 6.26 Å². The summed E-state index contributed by atoms with van der Waals surface area (Å²) in [4.78, 5) is 13.1. The molecule has 0 aromatic heterocycles. The van der Waals surface area contributed by atoms with Gasteiger partial charge in [-0.3, -0.25) is 4.79 Å². The van der Waals surface area contributed by atoms with E-state index < -0.39 is 0 Å². The molecule has 0 spiro atoms. The second-order valence-corrected chi connectivity index (χ2v) is 4.92. The third-order valence-corrected chi connectivity index (χ3v) is 3.56. The van der Waals surface area contributed by atoms with E-state index in [-0.39, 0.29) is 17.8 Å². The number of rotatable bonds is 6. The van der Waals surface area contributed by atoms with Crippen LogP contribution >= 0.6 is 11.8 Å². The predicted octanol–water partition coefficient (Wildman–Crippen LogP) is 2.05. The number of thioether (sulfide) groups is 1. The lowest BCUT2D eigenvalue weighted by molar-refractivity contribution is 0.0934. The maximum Gasteiger partial charge on any atom is 0.252 e. The molecule has 1 unspecified atom stereocenters. The topological polar surface area (TPSA) is 87.7 Å². The standard InChI is InChI=1S/C13H19N3O2S/c1-3-9(8-12(14)16-18)15-13(17)10-6-4-5-7-11(10)19-2/h4-7,9,18H,3,8H2,1-2H3,(H2,14,16)(H,15,17). The van der Waals surface area contributed by atoms with Gasteiger partial charge < -0.3 is 16.3 Å². The van der Waals surface area contributed by atoms with Crippen LogP contribution < -0.4 is 11.1 Å². The van der Waals surface area contributed by atoms with Crippen LogP contribution in [0.25, 0.3) is 0 Å². The molecule has 1 aromatic carbocycles. The summed E-state index contributed by atoms with van der Waals surface area (Å²) in [6, 6.07) is 7.29. The number of oxime groups is 1. The number of nitrogens with two attached hydrogens (primary N) is 1. The van der Waals surface area contributed by atoms with Gasteiger partial charge >= 0.3 is 0 Å². The number of nitrogens with one attached hydrogen (secondary N) is 1. The number of benzene rings is 1. The van der Waals surface area contributed by atoms with E-state index in [1.807, 2.05) is 31.4 Å². The molecule has 1 rings (SSSR count). The van der Waals surface area contributed by atoms with Gasteiger partial charge in [0.2, 0.25) is 0 Å². The predicted molar refractivity (Wildman–Crippen MR) is 77.8 cm³/mol. The highest BCUT2D eigenvalue weighted by molar-refractivity contribution is 7.98. The number of hydrogen-bond acceptors (Lipinski definition) is 4. The third-order valence-electron chi connectivity index (χ3n) is 2.76. The summed E-state index contributed by atoms with van der Waals surface area (Å²) in [5, 5.41) is 14.4. The monoisotopic (exact) mass is 281 g/mol. The quantitative estimate of drug-likeness (QED) is 0.245. The summed E-state index contributed by atoms with van der Waals surface area (Å²) < 4.78 is 0. The number of amides is 1. The van der Waals surface area contributed by atoms with Gasteiger partial charge in [0.15, 0.2) is 0 Å². The molecular formula is C13H19N3O2S. The first-order chi connectivity index (χ1) is 9.12. The molecule has 0 aliphatic rings. The number of hydrogen-bond donors (Lipinski definition) is 3. The van der Waals surface area contributed by atoms with Crippen LogP contribution in [0.1, 0.15) is 30.1 Å². The van der Waals surface area contributed by atoms with Crippen LogP contribution in [0.4, 0.5) is 0 Å². The lowest BCUT2D eigenvalue weighted by Gasteiger charge is -2.17. The summed E-state index contributed by atoms with van der Waals surface area (Å²) >= 11 is 1.53. The van der Waals surface area contributed by atoms with Crippen molar-refractivity contribution in [3.8, 4) is 0 Å². The molecule has 4 N–H and O–H groups in total. The minimum Gasteiger partial charge on any atom is -0.409 e. The highest BCUT2D eigenvalue weighted by Crippen LogP contribution is 2.19. The minimum atomic E-state index is -0.140. The Morgan fingerprint density at radius 3 is 2.79 bits per heavy atom. The molecule has 0 saturated heterocycles. The number of amidine groups is 1. The molecular weight excluding hydrogens is 262 g/mol. The van der Waals surface area contributed by atoms with E-state index in [4.69, 9.17) is 10.9 Å². The van der Waals surface area contributed by atoms with E-state index in [1.165, 1.54) is 11.8 Å². The van der Waals surface area contributed by atoms with Gasteiger partial charge in [-0.15, -0.1) is 11.8 Å². The average molecular weight is 281 g/mol. The molecule has 6 heteroatoms. The van der Waals surface area contributed by atoms with E-state index in [0.29, 0.717) is 18.4 Å². The molecule has 1 aromatic rings. The zero-order chi connectivity index (χ0) is 14.3. The van der Waals surface area contributed by atoms with Crippen molar-refractivity contribution in [3.05, 3.63) is 29.8 Å². The third kappa shape index (κ3) is 4.48. The highest BCUT2D eigenvalue weighted by atomic mass is 32.2. The number of carbonyl (C=O) groups is 1. The Morgan fingerprint density at radius 2 is 2.21 bits per heavy atom. The van der Waals surface area contributed by atoms with Crippen molar-refractivity contribution in [3.63, 3.8) is 0 Å². The van der Waals surface area contributed by atoms with E-state index >= 15 is 0 Å². The molecule has 1 amide bonds. The molecule has 0 aliphatic heterocycles. The Kier molecular flexibility index (Phi) is 6.21. The number of nitrogens with zero attached hydrogens (tertiary/aromatic N) is 1. The van der Waals surface area contributed by atoms with Crippen LogP contribution in [0, 0.1) is 0 Å². The van der Waals surface area contributed by atoms with Crippen molar-refractivity contribution in [1.29, 1.82) is 0 Å². The fourth-order valence-corrected chi connectivity index (χ4v) is 2.28. The largest absolute Gasteiger partial charge is 0.409 e. The maximum atomic E-state index is 12.2. The first-order valence-corrected chi connectivity index (χ1v) is 7.25. The molecule has 104 valence electrons. The Labute approximate surface area is 117 Å². The van der Waals surface area contributed by atoms with Crippen LogP contribution in [0.2, 0.25) is 0 Å². The van der Waals surface area contributed by atoms with Gasteiger partial charge in [-0.2, -0.15) is 0 Å². The molecule has 0 bridgehead atoms. The van der Waals surface area contributed by atoms with E-state index in [0.717, 1.165) is 4.90 Å². The fraction of sp³-hybridized carbons (Fsp3) is 0.385. The number of carbonyl (C=O) groups excluding carboxylic acids is 1. The van der Waals surface area contributed by atoms with Crippen molar-refractivity contribution >= 4 is 23.5 Å². The van der Waals surface area contributed by atoms with Crippen LogP contribution in [-0.4, -0.2) is 29.2 Å². The zero-order valence-corrected chi connectivity index (χ0v) is 11.9. The molecule has 0 saturated carbocycles. The van der Waals surface area contributed by atoms with Crippen molar-refractivity contribution < 1.29 is 10.0 Å². The van der Waals surface area contributed by atoms with E-state index in [1.54, 1.807) is 6.07 Å². The minimum absolute atomic E-state index is 0.116. The second kappa shape index (κ2) is 7.68. The van der Waals surface area contributed by atoms with Crippen LogP contribution in [0.3, 0.4) is 0 Å². The van der Waals surface area contributed by atoms with Gasteiger partial charge in [-0.1, -0.05) is 24.2 Å². The molecule has 5 nitrogen and oxygen atoms in total. The second-order valence-electron chi connectivity index (χ2n) is 4.07. The van der Waals surface area contributed by atoms with Crippen molar-refractivity contribution in [1.82, 2.24) is 5.32 Å². The fourth-order valence-electron chi connectivity index (χ4n) is 1.69. The normalized spacial score (nSPS) is 13.1. The molecule has 1 atom stereocenters. The maximum absolute atomic E-state index is 12.2. The Balaban J connectivity index is 2.77. The van der Waals surface area contributed by atoms with Crippen molar-refractivity contribution in [2.45, 2.75) is 30.7 Å². The first kappa shape index (κ1) is 15.4. The Hall–Kier alpha value is -1.69. The lowest BCUT2D eigenvalue weighted by atomic mass is 10.1. The van der Waals surface area contributed by atoms with Crippen molar-refractivity contribution in [2.24, 2.45) is 10.9 Å². The summed E-state index contributed by atoms with van der Waals surface area (Å²) in [6.07, 6.45) is 2.98. The van der Waals surface area contributed by atoms with Gasteiger partial charge in [0, 0.05) is 17.4 Å². The van der Waals surface area contributed by atoms with E-state index in [2.05, 4.69) is 10.5 Å². The molecule has 0 heterocycles. The van der Waals surface area contributed by atoms with Crippen LogP contribution in [0.15, 0.2) is 34.3 Å². The van der Waals surface area contributed by atoms with Gasteiger partial charge in [-0.05, 0) is 24.8 Å². The van der Waals surface area contributed by atoms with Crippen LogP contribution in [-0.2, 0) is 0 Å².